The van der Waals surface area contributed by atoms with Gasteiger partial charge in [-0.2, -0.15) is 0 Å². The molecule has 2 unspecified atom stereocenters. The minimum atomic E-state index is 0.977. The Labute approximate surface area is 94.2 Å². The first kappa shape index (κ1) is 11.4. The molecule has 2 fully saturated rings. The monoisotopic (exact) mass is 210 g/mol. The molecule has 2 nitrogen and oxygen atoms in total. The highest BCUT2D eigenvalue weighted by Crippen LogP contribution is 2.31. The number of rotatable bonds is 4. The van der Waals surface area contributed by atoms with Crippen LogP contribution in [0.15, 0.2) is 0 Å². The lowest BCUT2D eigenvalue weighted by Gasteiger charge is -2.29. The van der Waals surface area contributed by atoms with Crippen LogP contribution in [0.5, 0.6) is 0 Å². The predicted octanol–water partition coefficient (Wildman–Crippen LogP) is 2.01. The summed E-state index contributed by atoms with van der Waals surface area (Å²) in [6.07, 6.45) is 7.12. The average Bonchev–Trinajstić information content (AvgIpc) is 2.81. The zero-order valence-electron chi connectivity index (χ0n) is 10.1. The first-order valence-electron chi connectivity index (χ1n) is 6.81. The topological polar surface area (TPSA) is 24.1 Å². The molecule has 0 spiro atoms. The summed E-state index contributed by atoms with van der Waals surface area (Å²) in [7, 11) is 0. The molecule has 0 radical (unpaired) electrons. The van der Waals surface area contributed by atoms with Gasteiger partial charge in [0.1, 0.15) is 0 Å². The Balaban J connectivity index is 1.78. The molecule has 0 aliphatic carbocycles. The minimum absolute atomic E-state index is 0.977. The zero-order valence-corrected chi connectivity index (χ0v) is 10.1. The van der Waals surface area contributed by atoms with Crippen molar-refractivity contribution in [2.45, 2.75) is 39.0 Å². The normalized spacial score (nSPS) is 30.6. The molecule has 2 N–H and O–H groups in total. The van der Waals surface area contributed by atoms with Crippen molar-refractivity contribution in [3.8, 4) is 0 Å². The Bertz CT molecular complexity index is 169. The Kier molecular flexibility index (Phi) is 4.45. The van der Waals surface area contributed by atoms with Crippen LogP contribution < -0.4 is 10.6 Å². The lowest BCUT2D eigenvalue weighted by Crippen LogP contribution is -2.30. The summed E-state index contributed by atoms with van der Waals surface area (Å²) in [5.41, 5.74) is 0. The van der Waals surface area contributed by atoms with Crippen molar-refractivity contribution in [2.75, 3.05) is 26.2 Å². The molecular weight excluding hydrogens is 184 g/mol. The molecule has 88 valence electrons. The van der Waals surface area contributed by atoms with Gasteiger partial charge in [-0.05, 0) is 69.6 Å². The molecule has 2 rings (SSSR count). The van der Waals surface area contributed by atoms with Gasteiger partial charge in [-0.1, -0.05) is 13.3 Å². The fourth-order valence-electron chi connectivity index (χ4n) is 3.32. The third kappa shape index (κ3) is 3.18. The summed E-state index contributed by atoms with van der Waals surface area (Å²) in [6.45, 7) is 7.43. The number of nitrogens with one attached hydrogen (secondary N) is 2. The van der Waals surface area contributed by atoms with Crippen molar-refractivity contribution in [3.05, 3.63) is 0 Å². The van der Waals surface area contributed by atoms with E-state index in [-0.39, 0.29) is 0 Å². The van der Waals surface area contributed by atoms with Gasteiger partial charge in [0.25, 0.3) is 0 Å². The first-order valence-corrected chi connectivity index (χ1v) is 6.81. The van der Waals surface area contributed by atoms with E-state index in [4.69, 9.17) is 0 Å². The number of hydrogen-bond acceptors (Lipinski definition) is 2. The van der Waals surface area contributed by atoms with Gasteiger partial charge >= 0.3 is 0 Å². The Hall–Kier alpha value is -0.0800. The summed E-state index contributed by atoms with van der Waals surface area (Å²) >= 11 is 0. The molecular formula is C13H26N2. The van der Waals surface area contributed by atoms with E-state index >= 15 is 0 Å². The molecule has 0 saturated carbocycles. The molecule has 0 aromatic rings. The van der Waals surface area contributed by atoms with Gasteiger partial charge in [0.15, 0.2) is 0 Å². The van der Waals surface area contributed by atoms with Crippen molar-refractivity contribution in [1.29, 1.82) is 0 Å². The van der Waals surface area contributed by atoms with E-state index in [1.54, 1.807) is 0 Å². The van der Waals surface area contributed by atoms with Crippen molar-refractivity contribution in [3.63, 3.8) is 0 Å². The SMILES string of the molecule is CCC(CC1CCNCC1)C1CCNC1. The van der Waals surface area contributed by atoms with Crippen LogP contribution >= 0.6 is 0 Å². The van der Waals surface area contributed by atoms with Gasteiger partial charge < -0.3 is 10.6 Å². The van der Waals surface area contributed by atoms with Gasteiger partial charge in [-0.3, -0.25) is 0 Å². The summed E-state index contributed by atoms with van der Waals surface area (Å²) in [5, 5.41) is 6.98. The van der Waals surface area contributed by atoms with Crippen molar-refractivity contribution >= 4 is 0 Å². The van der Waals surface area contributed by atoms with Gasteiger partial charge in [-0.25, -0.2) is 0 Å². The van der Waals surface area contributed by atoms with E-state index in [1.165, 1.54) is 58.3 Å². The number of hydrogen-bond donors (Lipinski definition) is 2. The summed E-state index contributed by atoms with van der Waals surface area (Å²) < 4.78 is 0. The third-order valence-corrected chi connectivity index (χ3v) is 4.38. The largest absolute Gasteiger partial charge is 0.317 e. The Morgan fingerprint density at radius 1 is 1.07 bits per heavy atom. The van der Waals surface area contributed by atoms with Crippen molar-refractivity contribution in [2.24, 2.45) is 17.8 Å². The van der Waals surface area contributed by atoms with E-state index in [1.807, 2.05) is 0 Å². The van der Waals surface area contributed by atoms with Crippen LogP contribution in [0.2, 0.25) is 0 Å². The van der Waals surface area contributed by atoms with Crippen LogP contribution in [-0.2, 0) is 0 Å². The molecule has 2 heterocycles. The average molecular weight is 210 g/mol. The predicted molar refractivity (Wildman–Crippen MR) is 65.0 cm³/mol. The molecule has 2 aliphatic heterocycles. The summed E-state index contributed by atoms with van der Waals surface area (Å²) in [6, 6.07) is 0. The van der Waals surface area contributed by atoms with E-state index in [9.17, 15) is 0 Å². The van der Waals surface area contributed by atoms with Crippen LogP contribution in [0.4, 0.5) is 0 Å². The standard InChI is InChI=1S/C13H26N2/c1-2-12(13-5-8-15-10-13)9-11-3-6-14-7-4-11/h11-15H,2-10H2,1H3. The highest BCUT2D eigenvalue weighted by atomic mass is 14.9. The van der Waals surface area contributed by atoms with Crippen molar-refractivity contribution in [1.82, 2.24) is 10.6 Å². The van der Waals surface area contributed by atoms with Crippen LogP contribution in [0, 0.1) is 17.8 Å². The highest BCUT2D eigenvalue weighted by molar-refractivity contribution is 4.80. The molecule has 15 heavy (non-hydrogen) atoms. The number of piperidine rings is 1. The van der Waals surface area contributed by atoms with E-state index < -0.39 is 0 Å². The van der Waals surface area contributed by atoms with Crippen LogP contribution in [0.25, 0.3) is 0 Å². The second-order valence-corrected chi connectivity index (χ2v) is 5.35. The van der Waals surface area contributed by atoms with E-state index in [0.717, 1.165) is 17.8 Å². The van der Waals surface area contributed by atoms with Gasteiger partial charge in [0, 0.05) is 0 Å². The first-order chi connectivity index (χ1) is 7.40. The molecule has 2 atom stereocenters. The lowest BCUT2D eigenvalue weighted by molar-refractivity contribution is 0.239. The Morgan fingerprint density at radius 2 is 1.80 bits per heavy atom. The molecule has 2 saturated heterocycles. The van der Waals surface area contributed by atoms with Gasteiger partial charge in [0.05, 0.1) is 0 Å². The summed E-state index contributed by atoms with van der Waals surface area (Å²) in [5.74, 6) is 2.98. The quantitative estimate of drug-likeness (QED) is 0.742. The van der Waals surface area contributed by atoms with Crippen LogP contribution in [0.1, 0.15) is 39.0 Å². The second-order valence-electron chi connectivity index (χ2n) is 5.35. The van der Waals surface area contributed by atoms with Crippen LogP contribution in [-0.4, -0.2) is 26.2 Å². The maximum absolute atomic E-state index is 3.51. The molecule has 0 amide bonds. The summed E-state index contributed by atoms with van der Waals surface area (Å²) in [4.78, 5) is 0. The Morgan fingerprint density at radius 3 is 2.40 bits per heavy atom. The van der Waals surface area contributed by atoms with E-state index in [0.29, 0.717) is 0 Å². The smallest absolute Gasteiger partial charge is 0.00174 e. The van der Waals surface area contributed by atoms with Crippen molar-refractivity contribution < 1.29 is 0 Å². The molecule has 2 aliphatic rings. The molecule has 0 bridgehead atoms. The maximum Gasteiger partial charge on any atom is -0.00174 e. The fourth-order valence-corrected chi connectivity index (χ4v) is 3.32. The van der Waals surface area contributed by atoms with Gasteiger partial charge in [-0.15, -0.1) is 0 Å². The maximum atomic E-state index is 3.51. The highest BCUT2D eigenvalue weighted by Gasteiger charge is 2.26. The van der Waals surface area contributed by atoms with E-state index in [2.05, 4.69) is 17.6 Å². The molecule has 2 heteroatoms. The molecule has 0 aromatic heterocycles. The third-order valence-electron chi connectivity index (χ3n) is 4.38. The zero-order chi connectivity index (χ0) is 10.5. The second kappa shape index (κ2) is 5.86. The van der Waals surface area contributed by atoms with Gasteiger partial charge in [0.2, 0.25) is 0 Å². The molecule has 0 aromatic carbocycles. The van der Waals surface area contributed by atoms with Crippen LogP contribution in [0.3, 0.4) is 0 Å². The fraction of sp³-hybridized carbons (Fsp3) is 1.00. The minimum Gasteiger partial charge on any atom is -0.317 e. The lowest BCUT2D eigenvalue weighted by atomic mass is 9.79.